The van der Waals surface area contributed by atoms with Crippen molar-refractivity contribution >= 4 is 45.2 Å². The topological polar surface area (TPSA) is 107 Å². The average Bonchev–Trinajstić information content (AvgIpc) is 3.33. The lowest BCUT2D eigenvalue weighted by Gasteiger charge is -2.12. The minimum Gasteiger partial charge on any atom is -0.361 e. The van der Waals surface area contributed by atoms with E-state index in [0.717, 1.165) is 22.2 Å². The summed E-state index contributed by atoms with van der Waals surface area (Å²) >= 11 is 1.32. The van der Waals surface area contributed by atoms with E-state index in [2.05, 4.69) is 20.6 Å². The number of H-pyrrole nitrogens is 1. The Bertz CT molecular complexity index is 1060. The molecule has 0 saturated carbocycles. The Kier molecular flexibility index (Phi) is 4.82. The monoisotopic (exact) mass is 397 g/mol. The molecule has 8 nitrogen and oxygen atoms in total. The number of carbonyl (C=O) groups is 3. The fourth-order valence-corrected chi connectivity index (χ4v) is 3.97. The molecule has 0 bridgehead atoms. The minimum atomic E-state index is -0.850. The molecule has 3 heterocycles. The van der Waals surface area contributed by atoms with Crippen molar-refractivity contribution in [2.75, 3.05) is 11.9 Å². The number of aromatic amines is 1. The van der Waals surface area contributed by atoms with Gasteiger partial charge in [-0.15, -0.1) is 11.3 Å². The van der Waals surface area contributed by atoms with Crippen molar-refractivity contribution in [2.24, 2.45) is 0 Å². The lowest BCUT2D eigenvalue weighted by Crippen LogP contribution is -2.34. The van der Waals surface area contributed by atoms with Crippen LogP contribution in [-0.2, 0) is 16.0 Å². The zero-order valence-electron chi connectivity index (χ0n) is 15.2. The van der Waals surface area contributed by atoms with E-state index in [4.69, 9.17) is 0 Å². The predicted octanol–water partition coefficient (Wildman–Crippen LogP) is 2.42. The van der Waals surface area contributed by atoms with Crippen LogP contribution in [0, 0.1) is 6.92 Å². The van der Waals surface area contributed by atoms with E-state index in [1.54, 1.807) is 0 Å². The van der Waals surface area contributed by atoms with E-state index in [0.29, 0.717) is 11.6 Å². The van der Waals surface area contributed by atoms with E-state index < -0.39 is 12.1 Å². The van der Waals surface area contributed by atoms with Gasteiger partial charge in [0.1, 0.15) is 6.04 Å². The van der Waals surface area contributed by atoms with Crippen LogP contribution in [0.3, 0.4) is 0 Å². The third-order valence-electron chi connectivity index (χ3n) is 4.64. The van der Waals surface area contributed by atoms with Gasteiger partial charge in [0.25, 0.3) is 5.91 Å². The van der Waals surface area contributed by atoms with Gasteiger partial charge in [0, 0.05) is 29.0 Å². The molecule has 28 heavy (non-hydrogen) atoms. The van der Waals surface area contributed by atoms with Crippen molar-refractivity contribution in [2.45, 2.75) is 25.8 Å². The summed E-state index contributed by atoms with van der Waals surface area (Å²) in [6.45, 7) is 2.09. The first kappa shape index (κ1) is 18.2. The summed E-state index contributed by atoms with van der Waals surface area (Å²) in [4.78, 5) is 45.5. The first-order chi connectivity index (χ1) is 13.5. The van der Waals surface area contributed by atoms with Gasteiger partial charge >= 0.3 is 6.03 Å². The van der Waals surface area contributed by atoms with Gasteiger partial charge in [0.15, 0.2) is 5.13 Å². The van der Waals surface area contributed by atoms with E-state index in [9.17, 15) is 14.4 Å². The molecule has 9 heteroatoms. The number of anilines is 1. The van der Waals surface area contributed by atoms with Gasteiger partial charge < -0.3 is 15.6 Å². The molecule has 2 aromatic heterocycles. The second-order valence-corrected chi connectivity index (χ2v) is 7.51. The minimum absolute atomic E-state index is 0.118. The smallest absolute Gasteiger partial charge is 0.324 e. The van der Waals surface area contributed by atoms with Gasteiger partial charge in [-0.1, -0.05) is 18.2 Å². The molecule has 0 aliphatic carbocycles. The standard InChI is InChI=1S/C19H19N5O3S/c1-11-10-28-18(21-11)23-16(25)8-15-17(26)24(19(27)22-15)7-6-12-9-20-14-5-3-2-4-13(12)14/h2-5,9-10,15,20H,6-8H2,1H3,(H,22,27)(H,21,23,25)/t15-/m0/s1. The fourth-order valence-electron chi connectivity index (χ4n) is 3.26. The van der Waals surface area contributed by atoms with Crippen LogP contribution in [0.2, 0.25) is 0 Å². The van der Waals surface area contributed by atoms with Gasteiger partial charge in [-0.25, -0.2) is 9.78 Å². The molecule has 144 valence electrons. The van der Waals surface area contributed by atoms with E-state index >= 15 is 0 Å². The quantitative estimate of drug-likeness (QED) is 0.555. The highest BCUT2D eigenvalue weighted by molar-refractivity contribution is 7.13. The Morgan fingerprint density at radius 2 is 2.14 bits per heavy atom. The van der Waals surface area contributed by atoms with E-state index in [-0.39, 0.29) is 24.8 Å². The lowest BCUT2D eigenvalue weighted by molar-refractivity contribution is -0.129. The molecule has 1 atom stereocenters. The van der Waals surface area contributed by atoms with E-state index in [1.807, 2.05) is 42.8 Å². The van der Waals surface area contributed by atoms with Crippen LogP contribution < -0.4 is 10.6 Å². The molecule has 0 radical (unpaired) electrons. The Morgan fingerprint density at radius 1 is 1.32 bits per heavy atom. The number of thiazole rings is 1. The number of nitrogens with zero attached hydrogens (tertiary/aromatic N) is 2. The number of hydrogen-bond acceptors (Lipinski definition) is 5. The average molecular weight is 397 g/mol. The number of aryl methyl sites for hydroxylation is 1. The fraction of sp³-hybridized carbons (Fsp3) is 0.263. The molecule has 3 aromatic rings. The molecule has 1 aliphatic rings. The number of benzene rings is 1. The number of urea groups is 1. The number of amides is 4. The van der Waals surface area contributed by atoms with Crippen molar-refractivity contribution in [1.82, 2.24) is 20.2 Å². The van der Waals surface area contributed by atoms with Crippen LogP contribution in [0.25, 0.3) is 10.9 Å². The molecule has 1 fully saturated rings. The maximum absolute atomic E-state index is 12.6. The number of carbonyl (C=O) groups excluding carboxylic acids is 3. The summed E-state index contributed by atoms with van der Waals surface area (Å²) < 4.78 is 0. The van der Waals surface area contributed by atoms with Crippen LogP contribution in [-0.4, -0.2) is 45.3 Å². The maximum Gasteiger partial charge on any atom is 0.324 e. The Morgan fingerprint density at radius 3 is 2.93 bits per heavy atom. The number of hydrogen-bond donors (Lipinski definition) is 3. The highest BCUT2D eigenvalue weighted by Crippen LogP contribution is 2.20. The number of aromatic nitrogens is 2. The number of imide groups is 1. The molecular formula is C19H19N5O3S. The number of para-hydroxylation sites is 1. The largest absolute Gasteiger partial charge is 0.361 e. The summed E-state index contributed by atoms with van der Waals surface area (Å²) in [7, 11) is 0. The highest BCUT2D eigenvalue weighted by atomic mass is 32.1. The van der Waals surface area contributed by atoms with Crippen LogP contribution in [0.4, 0.5) is 9.93 Å². The second kappa shape index (κ2) is 7.43. The van der Waals surface area contributed by atoms with Gasteiger partial charge in [-0.05, 0) is 25.0 Å². The summed E-state index contributed by atoms with van der Waals surface area (Å²) in [6.07, 6.45) is 2.32. The van der Waals surface area contributed by atoms with Crippen LogP contribution >= 0.6 is 11.3 Å². The molecule has 1 aromatic carbocycles. The maximum atomic E-state index is 12.6. The van der Waals surface area contributed by atoms with Crippen LogP contribution in [0.15, 0.2) is 35.8 Å². The van der Waals surface area contributed by atoms with E-state index in [1.165, 1.54) is 16.2 Å². The molecule has 0 spiro atoms. The van der Waals surface area contributed by atoms with Crippen molar-refractivity contribution < 1.29 is 14.4 Å². The van der Waals surface area contributed by atoms with Crippen molar-refractivity contribution in [1.29, 1.82) is 0 Å². The SMILES string of the molecule is Cc1csc(NC(=O)C[C@@H]2NC(=O)N(CCc3c[nH]c4ccccc34)C2=O)n1. The lowest BCUT2D eigenvalue weighted by atomic mass is 10.1. The first-order valence-corrected chi connectivity index (χ1v) is 9.78. The zero-order valence-corrected chi connectivity index (χ0v) is 16.0. The van der Waals surface area contributed by atoms with Crippen molar-refractivity contribution in [3.05, 3.63) is 47.1 Å². The van der Waals surface area contributed by atoms with Gasteiger partial charge in [0.2, 0.25) is 5.91 Å². The number of rotatable bonds is 6. The number of nitrogens with one attached hydrogen (secondary N) is 3. The third-order valence-corrected chi connectivity index (χ3v) is 5.52. The van der Waals surface area contributed by atoms with Gasteiger partial charge in [-0.2, -0.15) is 0 Å². The molecular weight excluding hydrogens is 378 g/mol. The summed E-state index contributed by atoms with van der Waals surface area (Å²) in [5, 5.41) is 8.63. The third kappa shape index (κ3) is 3.61. The molecule has 3 N–H and O–H groups in total. The molecule has 1 aliphatic heterocycles. The normalized spacial score (nSPS) is 16.6. The molecule has 1 saturated heterocycles. The zero-order chi connectivity index (χ0) is 19.7. The Balaban J connectivity index is 1.36. The van der Waals surface area contributed by atoms with Crippen molar-refractivity contribution in [3.63, 3.8) is 0 Å². The Labute approximate surface area is 164 Å². The van der Waals surface area contributed by atoms with Crippen molar-refractivity contribution in [3.8, 4) is 0 Å². The van der Waals surface area contributed by atoms with Crippen LogP contribution in [0.1, 0.15) is 17.7 Å². The van der Waals surface area contributed by atoms with Gasteiger partial charge in [0.05, 0.1) is 12.1 Å². The molecule has 4 amide bonds. The predicted molar refractivity (Wildman–Crippen MR) is 106 cm³/mol. The van der Waals surface area contributed by atoms with Gasteiger partial charge in [-0.3, -0.25) is 14.5 Å². The summed E-state index contributed by atoms with van der Waals surface area (Å²) in [6, 6.07) is 6.56. The second-order valence-electron chi connectivity index (χ2n) is 6.65. The Hall–Kier alpha value is -3.20. The highest BCUT2D eigenvalue weighted by Gasteiger charge is 2.38. The first-order valence-electron chi connectivity index (χ1n) is 8.90. The molecule has 0 unspecified atom stereocenters. The summed E-state index contributed by atoms with van der Waals surface area (Å²) in [5.41, 5.74) is 2.87. The summed E-state index contributed by atoms with van der Waals surface area (Å²) in [5.74, 6) is -0.734. The molecule has 4 rings (SSSR count). The van der Waals surface area contributed by atoms with Crippen LogP contribution in [0.5, 0.6) is 0 Å². The number of fused-ring (bicyclic) bond motifs is 1.